The van der Waals surface area contributed by atoms with Crippen LogP contribution in [-0.2, 0) is 0 Å². The Morgan fingerprint density at radius 3 is 3.08 bits per heavy atom. The number of hydrogen-bond acceptors (Lipinski definition) is 6. The van der Waals surface area contributed by atoms with Gasteiger partial charge in [-0.05, 0) is 37.1 Å². The number of aliphatic imine (C=N–C) groups is 1. The number of H-pyrrole nitrogens is 1. The highest BCUT2D eigenvalue weighted by Crippen LogP contribution is 2.26. The van der Waals surface area contributed by atoms with Crippen molar-refractivity contribution in [2.75, 3.05) is 17.6 Å². The number of benzene rings is 1. The van der Waals surface area contributed by atoms with E-state index < -0.39 is 0 Å². The number of amidine groups is 1. The molecule has 0 fully saturated rings. The Hall–Kier alpha value is -2.71. The number of aromatic amines is 1. The molecule has 2 aliphatic rings. The fourth-order valence-electron chi connectivity index (χ4n) is 2.63. The van der Waals surface area contributed by atoms with E-state index in [1.165, 1.54) is 0 Å². The fraction of sp³-hybridized carbons (Fsp3) is 0.125. The normalized spacial score (nSPS) is 19.0. The number of quaternary nitrogens is 1. The van der Waals surface area contributed by atoms with Gasteiger partial charge in [-0.15, -0.1) is 0 Å². The second-order valence-electron chi connectivity index (χ2n) is 5.65. The molecule has 0 spiro atoms. The number of rotatable bonds is 4. The van der Waals surface area contributed by atoms with Crippen molar-refractivity contribution < 1.29 is 4.90 Å². The minimum atomic E-state index is 0.743. The Balaban J connectivity index is 1.58. The first-order chi connectivity index (χ1) is 11.7. The summed E-state index contributed by atoms with van der Waals surface area (Å²) in [5.41, 5.74) is 7.65. The summed E-state index contributed by atoms with van der Waals surface area (Å²) in [5, 5.41) is 10.6. The number of hydrogen-bond donors (Lipinski definition) is 4. The number of fused-ring (bicyclic) bond motifs is 1. The Morgan fingerprint density at radius 1 is 1.38 bits per heavy atom. The lowest BCUT2D eigenvalue weighted by Gasteiger charge is -2.27. The summed E-state index contributed by atoms with van der Waals surface area (Å²) in [6.45, 7) is 2.72. The third-order valence-electron chi connectivity index (χ3n) is 3.70. The van der Waals surface area contributed by atoms with Crippen LogP contribution in [0.4, 0.5) is 11.5 Å². The van der Waals surface area contributed by atoms with E-state index >= 15 is 0 Å². The van der Waals surface area contributed by atoms with Gasteiger partial charge in [-0.1, -0.05) is 6.07 Å². The van der Waals surface area contributed by atoms with Crippen molar-refractivity contribution in [3.8, 4) is 0 Å². The molecular weight excluding hydrogens is 322 g/mol. The van der Waals surface area contributed by atoms with E-state index in [-0.39, 0.29) is 0 Å². The van der Waals surface area contributed by atoms with Crippen molar-refractivity contribution in [3.05, 3.63) is 60.4 Å². The number of nitrogens with two attached hydrogens (primary N) is 1. The number of nitrogens with zero attached hydrogens (tertiary/aromatic N) is 3. The molecule has 0 aliphatic carbocycles. The van der Waals surface area contributed by atoms with Crippen LogP contribution in [0.2, 0.25) is 0 Å². The molecule has 0 saturated heterocycles. The molecule has 2 aliphatic heterocycles. The van der Waals surface area contributed by atoms with Crippen LogP contribution in [0.15, 0.2) is 64.6 Å². The number of nitrogens with one attached hydrogen (secondary N) is 3. The molecule has 8 heteroatoms. The Morgan fingerprint density at radius 2 is 2.29 bits per heavy atom. The largest absolute Gasteiger partial charge is 0.399 e. The number of aromatic nitrogens is 2. The standard InChI is InChI=1S/C16H17N7S/c1-11-7-14(21-20-11)19-16-10-22(9-15-18-5-6-23(15)16)24-13-4-2-3-12(17)8-13/h2-8,10H,9,17H2,1H3,(H2,19,20,21)/p+1. The maximum absolute atomic E-state index is 5.87. The summed E-state index contributed by atoms with van der Waals surface area (Å²) in [6, 6.07) is 9.84. The average molecular weight is 340 g/mol. The molecule has 2 aromatic rings. The lowest BCUT2D eigenvalue weighted by molar-refractivity contribution is -0.699. The van der Waals surface area contributed by atoms with Crippen LogP contribution in [0.5, 0.6) is 0 Å². The monoisotopic (exact) mass is 340 g/mol. The molecule has 0 amide bonds. The second kappa shape index (κ2) is 6.06. The maximum Gasteiger partial charge on any atom is 0.233 e. The van der Waals surface area contributed by atoms with Gasteiger partial charge in [0.05, 0.1) is 12.4 Å². The average Bonchev–Trinajstić information content (AvgIpc) is 3.16. The van der Waals surface area contributed by atoms with E-state index in [1.807, 2.05) is 49.7 Å². The third-order valence-corrected chi connectivity index (χ3v) is 4.63. The Bertz CT molecular complexity index is 852. The summed E-state index contributed by atoms with van der Waals surface area (Å²) < 4.78 is 2.14. The molecule has 1 aromatic heterocycles. The first kappa shape index (κ1) is 14.9. The lowest BCUT2D eigenvalue weighted by Crippen LogP contribution is -3.10. The Labute approximate surface area is 144 Å². The van der Waals surface area contributed by atoms with Gasteiger partial charge in [-0.2, -0.15) is 5.10 Å². The van der Waals surface area contributed by atoms with Gasteiger partial charge in [0.15, 0.2) is 5.82 Å². The van der Waals surface area contributed by atoms with Crippen molar-refractivity contribution in [2.45, 2.75) is 11.8 Å². The van der Waals surface area contributed by atoms with Crippen molar-refractivity contribution in [1.82, 2.24) is 14.5 Å². The van der Waals surface area contributed by atoms with Gasteiger partial charge in [0, 0.05) is 22.3 Å². The van der Waals surface area contributed by atoms with Crippen molar-refractivity contribution in [1.29, 1.82) is 0 Å². The third kappa shape index (κ3) is 3.01. The van der Waals surface area contributed by atoms with Gasteiger partial charge in [-0.3, -0.25) is 14.7 Å². The minimum absolute atomic E-state index is 0.743. The van der Waals surface area contributed by atoms with E-state index in [0.29, 0.717) is 0 Å². The summed E-state index contributed by atoms with van der Waals surface area (Å²) in [6.07, 6.45) is 5.95. The van der Waals surface area contributed by atoms with E-state index in [0.717, 1.165) is 45.2 Å². The first-order valence-corrected chi connectivity index (χ1v) is 8.37. The van der Waals surface area contributed by atoms with Gasteiger partial charge < -0.3 is 5.73 Å². The number of aryl methyl sites for hydroxylation is 1. The highest BCUT2D eigenvalue weighted by molar-refractivity contribution is 7.97. The molecule has 7 nitrogen and oxygen atoms in total. The molecule has 0 saturated carbocycles. The molecule has 1 atom stereocenters. The first-order valence-electron chi connectivity index (χ1n) is 7.59. The quantitative estimate of drug-likeness (QED) is 0.498. The molecular formula is C16H18N7S+. The highest BCUT2D eigenvalue weighted by Gasteiger charge is 2.31. The van der Waals surface area contributed by atoms with E-state index in [2.05, 4.69) is 31.0 Å². The minimum Gasteiger partial charge on any atom is -0.399 e. The van der Waals surface area contributed by atoms with E-state index in [4.69, 9.17) is 5.73 Å². The molecule has 5 N–H and O–H groups in total. The molecule has 4 rings (SSSR count). The van der Waals surface area contributed by atoms with Crippen LogP contribution >= 0.6 is 11.9 Å². The molecule has 0 radical (unpaired) electrons. The number of anilines is 2. The zero-order chi connectivity index (χ0) is 16.5. The Kier molecular flexibility index (Phi) is 3.75. The smallest absolute Gasteiger partial charge is 0.233 e. The zero-order valence-electron chi connectivity index (χ0n) is 13.2. The van der Waals surface area contributed by atoms with Gasteiger partial charge in [-0.25, -0.2) is 9.89 Å². The van der Waals surface area contributed by atoms with Crippen LogP contribution in [0, 0.1) is 6.92 Å². The van der Waals surface area contributed by atoms with Crippen LogP contribution in [0.1, 0.15) is 5.69 Å². The molecule has 3 heterocycles. The summed E-state index contributed by atoms with van der Waals surface area (Å²) in [5.74, 6) is 2.82. The topological polar surface area (TPSA) is 86.8 Å². The van der Waals surface area contributed by atoms with E-state index in [1.54, 1.807) is 11.9 Å². The van der Waals surface area contributed by atoms with E-state index in [9.17, 15) is 0 Å². The molecule has 24 heavy (non-hydrogen) atoms. The van der Waals surface area contributed by atoms with Gasteiger partial charge in [0.2, 0.25) is 11.7 Å². The fourth-order valence-corrected chi connectivity index (χ4v) is 3.57. The van der Waals surface area contributed by atoms with Crippen LogP contribution in [0.3, 0.4) is 0 Å². The zero-order valence-corrected chi connectivity index (χ0v) is 14.0. The summed E-state index contributed by atoms with van der Waals surface area (Å²) >= 11 is 1.63. The molecule has 1 aromatic carbocycles. The van der Waals surface area contributed by atoms with Crippen LogP contribution < -0.4 is 16.0 Å². The predicted molar refractivity (Wildman–Crippen MR) is 96.0 cm³/mol. The lowest BCUT2D eigenvalue weighted by atomic mass is 10.3. The molecule has 122 valence electrons. The van der Waals surface area contributed by atoms with Gasteiger partial charge in [0.1, 0.15) is 12.7 Å². The SMILES string of the molecule is Cc1cc(NC2=CN(Sc3cccc(N)c3)CC3=NC=C[NH+]23)n[nH]1. The van der Waals surface area contributed by atoms with Gasteiger partial charge >= 0.3 is 0 Å². The highest BCUT2D eigenvalue weighted by atomic mass is 32.2. The number of nitrogen functional groups attached to an aromatic ring is 1. The predicted octanol–water partition coefficient (Wildman–Crippen LogP) is 1.30. The van der Waals surface area contributed by atoms with Crippen molar-refractivity contribution in [3.63, 3.8) is 0 Å². The van der Waals surface area contributed by atoms with Crippen LogP contribution in [-0.4, -0.2) is 26.9 Å². The van der Waals surface area contributed by atoms with Gasteiger partial charge in [0.25, 0.3) is 0 Å². The molecule has 1 unspecified atom stereocenters. The maximum atomic E-state index is 5.87. The summed E-state index contributed by atoms with van der Waals surface area (Å²) in [7, 11) is 0. The van der Waals surface area contributed by atoms with Crippen molar-refractivity contribution >= 4 is 29.3 Å². The van der Waals surface area contributed by atoms with Crippen LogP contribution in [0.25, 0.3) is 0 Å². The van der Waals surface area contributed by atoms with Crippen molar-refractivity contribution in [2.24, 2.45) is 4.99 Å². The summed E-state index contributed by atoms with van der Waals surface area (Å²) in [4.78, 5) is 6.68. The molecule has 0 bridgehead atoms. The second-order valence-corrected chi connectivity index (χ2v) is 6.77.